The summed E-state index contributed by atoms with van der Waals surface area (Å²) in [7, 11) is 0. The highest BCUT2D eigenvalue weighted by Gasteiger charge is 2.12. The second kappa shape index (κ2) is 8.21. The molecule has 0 bridgehead atoms. The Morgan fingerprint density at radius 1 is 1.16 bits per heavy atom. The summed E-state index contributed by atoms with van der Waals surface area (Å²) in [5, 5.41) is 3.49. The fourth-order valence-electron chi connectivity index (χ4n) is 2.85. The molecule has 1 saturated carbocycles. The van der Waals surface area contributed by atoms with Crippen LogP contribution < -0.4 is 10.1 Å². The third kappa shape index (κ3) is 5.65. The lowest BCUT2D eigenvalue weighted by Gasteiger charge is -2.21. The van der Waals surface area contributed by atoms with Gasteiger partial charge in [0.2, 0.25) is 0 Å². The SMILES string of the molecule is Cc1cccc(OCCNCCC2CCCCC2)c1. The number of hydrogen-bond acceptors (Lipinski definition) is 2. The van der Waals surface area contributed by atoms with E-state index in [0.717, 1.165) is 31.4 Å². The first kappa shape index (κ1) is 14.4. The van der Waals surface area contributed by atoms with Crippen molar-refractivity contribution in [2.75, 3.05) is 19.7 Å². The predicted octanol–water partition coefficient (Wildman–Crippen LogP) is 3.93. The molecular weight excluding hydrogens is 234 g/mol. The molecule has 0 unspecified atom stereocenters. The monoisotopic (exact) mass is 261 g/mol. The molecule has 0 saturated heterocycles. The van der Waals surface area contributed by atoms with Crippen molar-refractivity contribution >= 4 is 0 Å². The highest BCUT2D eigenvalue weighted by atomic mass is 16.5. The van der Waals surface area contributed by atoms with Gasteiger partial charge in [0.05, 0.1) is 0 Å². The first-order valence-corrected chi connectivity index (χ1v) is 7.75. The first-order chi connectivity index (χ1) is 9.34. The van der Waals surface area contributed by atoms with Crippen molar-refractivity contribution in [2.24, 2.45) is 5.92 Å². The Balaban J connectivity index is 1.50. The van der Waals surface area contributed by atoms with Gasteiger partial charge >= 0.3 is 0 Å². The molecule has 2 heteroatoms. The predicted molar refractivity (Wildman–Crippen MR) is 80.7 cm³/mol. The van der Waals surface area contributed by atoms with Crippen LogP contribution in [0.2, 0.25) is 0 Å². The maximum atomic E-state index is 5.72. The number of ether oxygens (including phenoxy) is 1. The largest absolute Gasteiger partial charge is 0.492 e. The topological polar surface area (TPSA) is 21.3 Å². The van der Waals surface area contributed by atoms with E-state index in [0.29, 0.717) is 0 Å². The zero-order valence-corrected chi connectivity index (χ0v) is 12.2. The summed E-state index contributed by atoms with van der Waals surface area (Å²) >= 11 is 0. The third-order valence-electron chi connectivity index (χ3n) is 3.99. The normalized spacial score (nSPS) is 16.5. The van der Waals surface area contributed by atoms with Gasteiger partial charge in [-0.15, -0.1) is 0 Å². The molecule has 0 aliphatic heterocycles. The van der Waals surface area contributed by atoms with Crippen LogP contribution in [0.1, 0.15) is 44.1 Å². The summed E-state index contributed by atoms with van der Waals surface area (Å²) in [5.41, 5.74) is 1.25. The lowest BCUT2D eigenvalue weighted by atomic mass is 9.87. The molecule has 0 amide bonds. The fourth-order valence-corrected chi connectivity index (χ4v) is 2.85. The Bertz CT molecular complexity index is 358. The highest BCUT2D eigenvalue weighted by molar-refractivity contribution is 5.27. The molecule has 2 nitrogen and oxygen atoms in total. The van der Waals surface area contributed by atoms with Gasteiger partial charge in [0.15, 0.2) is 0 Å². The molecule has 1 aliphatic rings. The van der Waals surface area contributed by atoms with Crippen molar-refractivity contribution < 1.29 is 4.74 Å². The smallest absolute Gasteiger partial charge is 0.119 e. The van der Waals surface area contributed by atoms with Crippen molar-refractivity contribution in [2.45, 2.75) is 45.4 Å². The van der Waals surface area contributed by atoms with Crippen molar-refractivity contribution in [3.8, 4) is 5.75 Å². The maximum absolute atomic E-state index is 5.72. The number of benzene rings is 1. The minimum atomic E-state index is 0.758. The lowest BCUT2D eigenvalue weighted by Crippen LogP contribution is -2.24. The minimum absolute atomic E-state index is 0.758. The molecule has 0 heterocycles. The van der Waals surface area contributed by atoms with E-state index in [4.69, 9.17) is 4.74 Å². The van der Waals surface area contributed by atoms with E-state index in [1.807, 2.05) is 12.1 Å². The second-order valence-corrected chi connectivity index (χ2v) is 5.71. The van der Waals surface area contributed by atoms with E-state index in [1.165, 1.54) is 44.1 Å². The Hall–Kier alpha value is -1.02. The summed E-state index contributed by atoms with van der Waals surface area (Å²) in [6.07, 6.45) is 8.57. The van der Waals surface area contributed by atoms with E-state index in [2.05, 4.69) is 24.4 Å². The second-order valence-electron chi connectivity index (χ2n) is 5.71. The average molecular weight is 261 g/mol. The van der Waals surface area contributed by atoms with Crippen LogP contribution in [0, 0.1) is 12.8 Å². The molecule has 1 N–H and O–H groups in total. The molecule has 19 heavy (non-hydrogen) atoms. The summed E-state index contributed by atoms with van der Waals surface area (Å²) < 4.78 is 5.72. The van der Waals surface area contributed by atoms with Gasteiger partial charge in [0.25, 0.3) is 0 Å². The van der Waals surface area contributed by atoms with Crippen molar-refractivity contribution in [3.63, 3.8) is 0 Å². The molecule has 0 radical (unpaired) electrons. The molecule has 2 rings (SSSR count). The van der Waals surface area contributed by atoms with Crippen LogP contribution >= 0.6 is 0 Å². The van der Waals surface area contributed by atoms with Crippen LogP contribution in [0.25, 0.3) is 0 Å². The Morgan fingerprint density at radius 2 is 2.00 bits per heavy atom. The molecular formula is C17H27NO. The van der Waals surface area contributed by atoms with E-state index in [9.17, 15) is 0 Å². The lowest BCUT2D eigenvalue weighted by molar-refractivity contribution is 0.301. The van der Waals surface area contributed by atoms with E-state index in [1.54, 1.807) is 0 Å². The average Bonchev–Trinajstić information content (AvgIpc) is 2.44. The number of hydrogen-bond donors (Lipinski definition) is 1. The maximum Gasteiger partial charge on any atom is 0.119 e. The van der Waals surface area contributed by atoms with Gasteiger partial charge in [0.1, 0.15) is 12.4 Å². The number of aryl methyl sites for hydroxylation is 1. The van der Waals surface area contributed by atoms with Gasteiger partial charge in [-0.3, -0.25) is 0 Å². The van der Waals surface area contributed by atoms with Crippen LogP contribution in [-0.4, -0.2) is 19.7 Å². The van der Waals surface area contributed by atoms with Crippen LogP contribution in [0.15, 0.2) is 24.3 Å². The highest BCUT2D eigenvalue weighted by Crippen LogP contribution is 2.25. The van der Waals surface area contributed by atoms with Gasteiger partial charge in [-0.2, -0.15) is 0 Å². The molecule has 106 valence electrons. The van der Waals surface area contributed by atoms with Crippen LogP contribution in [0.3, 0.4) is 0 Å². The number of rotatable bonds is 7. The van der Waals surface area contributed by atoms with Gasteiger partial charge in [0, 0.05) is 6.54 Å². The molecule has 0 aromatic heterocycles. The standard InChI is InChI=1S/C17H27NO/c1-15-6-5-9-17(14-15)19-13-12-18-11-10-16-7-3-2-4-8-16/h5-6,9,14,16,18H,2-4,7-8,10-13H2,1H3. The van der Waals surface area contributed by atoms with Gasteiger partial charge in [-0.05, 0) is 43.5 Å². The van der Waals surface area contributed by atoms with Crippen LogP contribution in [-0.2, 0) is 0 Å². The van der Waals surface area contributed by atoms with Crippen molar-refractivity contribution in [1.82, 2.24) is 5.32 Å². The zero-order valence-electron chi connectivity index (χ0n) is 12.2. The van der Waals surface area contributed by atoms with Crippen molar-refractivity contribution in [1.29, 1.82) is 0 Å². The van der Waals surface area contributed by atoms with E-state index >= 15 is 0 Å². The van der Waals surface area contributed by atoms with Gasteiger partial charge in [-0.1, -0.05) is 44.2 Å². The van der Waals surface area contributed by atoms with E-state index in [-0.39, 0.29) is 0 Å². The summed E-state index contributed by atoms with van der Waals surface area (Å²) in [6, 6.07) is 8.24. The van der Waals surface area contributed by atoms with Gasteiger partial charge < -0.3 is 10.1 Å². The molecule has 1 aliphatic carbocycles. The summed E-state index contributed by atoms with van der Waals surface area (Å²) in [5.74, 6) is 1.95. The Kier molecular flexibility index (Phi) is 6.22. The minimum Gasteiger partial charge on any atom is -0.492 e. The molecule has 1 aromatic rings. The fraction of sp³-hybridized carbons (Fsp3) is 0.647. The quantitative estimate of drug-likeness (QED) is 0.751. The van der Waals surface area contributed by atoms with E-state index < -0.39 is 0 Å². The zero-order chi connectivity index (χ0) is 13.3. The summed E-state index contributed by atoms with van der Waals surface area (Å²) in [4.78, 5) is 0. The summed E-state index contributed by atoms with van der Waals surface area (Å²) in [6.45, 7) is 4.94. The van der Waals surface area contributed by atoms with Crippen molar-refractivity contribution in [3.05, 3.63) is 29.8 Å². The number of nitrogens with one attached hydrogen (secondary N) is 1. The van der Waals surface area contributed by atoms with Gasteiger partial charge in [-0.25, -0.2) is 0 Å². The molecule has 0 spiro atoms. The van der Waals surface area contributed by atoms with Crippen LogP contribution in [0.5, 0.6) is 5.75 Å². The Labute approximate surface area is 117 Å². The Morgan fingerprint density at radius 3 is 2.79 bits per heavy atom. The van der Waals surface area contributed by atoms with Crippen LogP contribution in [0.4, 0.5) is 0 Å². The molecule has 1 aromatic carbocycles. The third-order valence-corrected chi connectivity index (χ3v) is 3.99. The molecule has 0 atom stereocenters. The first-order valence-electron chi connectivity index (χ1n) is 7.75. The molecule has 1 fully saturated rings.